The van der Waals surface area contributed by atoms with Crippen LogP contribution in [-0.2, 0) is 11.3 Å². The molecule has 3 aromatic rings. The van der Waals surface area contributed by atoms with E-state index in [4.69, 9.17) is 4.74 Å². The van der Waals surface area contributed by atoms with E-state index in [-0.39, 0.29) is 23.8 Å². The Balaban J connectivity index is 1.41. The molecule has 2 heterocycles. The Bertz CT molecular complexity index is 1120. The lowest BCUT2D eigenvalue weighted by molar-refractivity contribution is -0.132. The van der Waals surface area contributed by atoms with Crippen molar-refractivity contribution in [2.45, 2.75) is 6.54 Å². The molecule has 1 amide bonds. The third kappa shape index (κ3) is 4.74. The van der Waals surface area contributed by atoms with Crippen molar-refractivity contribution in [1.29, 1.82) is 0 Å². The number of halogens is 1. The molecular formula is C23H23FN4O3. The van der Waals surface area contributed by atoms with Crippen LogP contribution in [0.25, 0.3) is 11.3 Å². The standard InChI is InChI=1S/C23H23FN4O3/c1-31-20-4-2-3-19(15-20)26-11-13-27(14-12-26)23(30)16-28-22(29)10-9-21(25-28)17-5-7-18(24)8-6-17/h2-10,15H,11-14,16H2,1H3. The summed E-state index contributed by atoms with van der Waals surface area (Å²) in [5.74, 6) is 0.291. The Hall–Kier alpha value is -3.68. The van der Waals surface area contributed by atoms with E-state index in [0.717, 1.165) is 16.1 Å². The van der Waals surface area contributed by atoms with Gasteiger partial charge >= 0.3 is 0 Å². The lowest BCUT2D eigenvalue weighted by Gasteiger charge is -2.36. The molecule has 0 unspecified atom stereocenters. The van der Waals surface area contributed by atoms with Crippen LogP contribution in [0.15, 0.2) is 65.5 Å². The topological polar surface area (TPSA) is 67.7 Å². The molecule has 0 radical (unpaired) electrons. The molecule has 160 valence electrons. The molecule has 0 N–H and O–H groups in total. The highest BCUT2D eigenvalue weighted by molar-refractivity contribution is 5.76. The van der Waals surface area contributed by atoms with Crippen molar-refractivity contribution in [2.75, 3.05) is 38.2 Å². The molecule has 8 heteroatoms. The number of benzene rings is 2. The van der Waals surface area contributed by atoms with E-state index < -0.39 is 0 Å². The Labute approximate surface area is 179 Å². The highest BCUT2D eigenvalue weighted by Gasteiger charge is 2.22. The average molecular weight is 422 g/mol. The average Bonchev–Trinajstić information content (AvgIpc) is 2.81. The van der Waals surface area contributed by atoms with Gasteiger partial charge in [-0.2, -0.15) is 5.10 Å². The van der Waals surface area contributed by atoms with E-state index >= 15 is 0 Å². The van der Waals surface area contributed by atoms with Gasteiger partial charge in [-0.1, -0.05) is 6.07 Å². The van der Waals surface area contributed by atoms with E-state index in [1.165, 1.54) is 18.2 Å². The van der Waals surface area contributed by atoms with Gasteiger partial charge in [0.1, 0.15) is 18.1 Å². The van der Waals surface area contributed by atoms with Crippen LogP contribution < -0.4 is 15.2 Å². The van der Waals surface area contributed by atoms with Crippen LogP contribution in [0.5, 0.6) is 5.75 Å². The van der Waals surface area contributed by atoms with Gasteiger partial charge in [0.25, 0.3) is 5.56 Å². The minimum absolute atomic E-state index is 0.132. The number of carbonyl (C=O) groups excluding carboxylic acids is 1. The van der Waals surface area contributed by atoms with Gasteiger partial charge in [-0.05, 0) is 42.5 Å². The first-order chi connectivity index (χ1) is 15.0. The zero-order chi connectivity index (χ0) is 21.8. The van der Waals surface area contributed by atoms with Crippen LogP contribution in [0.4, 0.5) is 10.1 Å². The van der Waals surface area contributed by atoms with Crippen molar-refractivity contribution >= 4 is 11.6 Å². The fraction of sp³-hybridized carbons (Fsp3) is 0.261. The summed E-state index contributed by atoms with van der Waals surface area (Å²) in [6, 6.07) is 16.6. The SMILES string of the molecule is COc1cccc(N2CCN(C(=O)Cn3nc(-c4ccc(F)cc4)ccc3=O)CC2)c1. The number of piperazine rings is 1. The van der Waals surface area contributed by atoms with Gasteiger partial charge in [0.05, 0.1) is 12.8 Å². The van der Waals surface area contributed by atoms with Gasteiger partial charge in [-0.15, -0.1) is 0 Å². The lowest BCUT2D eigenvalue weighted by Crippen LogP contribution is -2.50. The summed E-state index contributed by atoms with van der Waals surface area (Å²) >= 11 is 0. The number of carbonyl (C=O) groups is 1. The number of hydrogen-bond donors (Lipinski definition) is 0. The van der Waals surface area contributed by atoms with Crippen LogP contribution in [0.2, 0.25) is 0 Å². The van der Waals surface area contributed by atoms with Crippen molar-refractivity contribution in [3.63, 3.8) is 0 Å². The molecule has 1 saturated heterocycles. The van der Waals surface area contributed by atoms with Gasteiger partial charge in [-0.25, -0.2) is 9.07 Å². The molecule has 7 nitrogen and oxygen atoms in total. The first-order valence-electron chi connectivity index (χ1n) is 10.0. The zero-order valence-electron chi connectivity index (χ0n) is 17.2. The maximum Gasteiger partial charge on any atom is 0.267 e. The summed E-state index contributed by atoms with van der Waals surface area (Å²) in [5, 5.41) is 4.30. The first-order valence-corrected chi connectivity index (χ1v) is 10.0. The van der Waals surface area contributed by atoms with E-state index in [1.807, 2.05) is 24.3 Å². The summed E-state index contributed by atoms with van der Waals surface area (Å²) in [6.07, 6.45) is 0. The number of amides is 1. The van der Waals surface area contributed by atoms with Crippen molar-refractivity contribution < 1.29 is 13.9 Å². The number of ether oxygens (including phenoxy) is 1. The molecule has 0 bridgehead atoms. The summed E-state index contributed by atoms with van der Waals surface area (Å²) in [5.41, 5.74) is 1.88. The Morgan fingerprint density at radius 3 is 2.48 bits per heavy atom. The van der Waals surface area contributed by atoms with Crippen molar-refractivity contribution in [2.24, 2.45) is 0 Å². The number of rotatable bonds is 5. The molecule has 1 aliphatic rings. The Kier molecular flexibility index (Phi) is 5.97. The summed E-state index contributed by atoms with van der Waals surface area (Å²) in [4.78, 5) is 29.0. The monoisotopic (exact) mass is 422 g/mol. The lowest BCUT2D eigenvalue weighted by atomic mass is 10.1. The number of hydrogen-bond acceptors (Lipinski definition) is 5. The van der Waals surface area contributed by atoms with Crippen molar-refractivity contribution in [3.8, 4) is 17.0 Å². The highest BCUT2D eigenvalue weighted by Crippen LogP contribution is 2.22. The van der Waals surface area contributed by atoms with Gasteiger partial charge < -0.3 is 14.5 Å². The van der Waals surface area contributed by atoms with Crippen molar-refractivity contribution in [3.05, 3.63) is 76.8 Å². The van der Waals surface area contributed by atoms with Gasteiger partial charge in [0, 0.05) is 49.6 Å². The maximum atomic E-state index is 13.2. The van der Waals surface area contributed by atoms with Crippen LogP contribution in [0, 0.1) is 5.82 Å². The quantitative estimate of drug-likeness (QED) is 0.632. The Morgan fingerprint density at radius 2 is 1.77 bits per heavy atom. The van der Waals surface area contributed by atoms with E-state index in [0.29, 0.717) is 37.4 Å². The fourth-order valence-corrected chi connectivity index (χ4v) is 3.59. The molecule has 0 aliphatic carbocycles. The van der Waals surface area contributed by atoms with E-state index in [2.05, 4.69) is 10.00 Å². The van der Waals surface area contributed by atoms with Gasteiger partial charge in [0.15, 0.2) is 0 Å². The predicted molar refractivity (Wildman–Crippen MR) is 116 cm³/mol. The van der Waals surface area contributed by atoms with Crippen LogP contribution in [0.1, 0.15) is 0 Å². The van der Waals surface area contributed by atoms with E-state index in [1.54, 1.807) is 30.2 Å². The third-order valence-corrected chi connectivity index (χ3v) is 5.34. The summed E-state index contributed by atoms with van der Waals surface area (Å²) < 4.78 is 19.6. The van der Waals surface area contributed by atoms with Gasteiger partial charge in [0.2, 0.25) is 5.91 Å². The second-order valence-electron chi connectivity index (χ2n) is 7.29. The molecule has 2 aromatic carbocycles. The van der Waals surface area contributed by atoms with Crippen LogP contribution in [-0.4, -0.2) is 53.9 Å². The fourth-order valence-electron chi connectivity index (χ4n) is 3.59. The third-order valence-electron chi connectivity index (χ3n) is 5.34. The molecule has 31 heavy (non-hydrogen) atoms. The number of nitrogens with zero attached hydrogens (tertiary/aromatic N) is 4. The smallest absolute Gasteiger partial charge is 0.267 e. The van der Waals surface area contributed by atoms with E-state index in [9.17, 15) is 14.0 Å². The number of anilines is 1. The number of methoxy groups -OCH3 is 1. The first kappa shape index (κ1) is 20.6. The Morgan fingerprint density at radius 1 is 1.03 bits per heavy atom. The minimum Gasteiger partial charge on any atom is -0.497 e. The molecule has 1 aliphatic heterocycles. The predicted octanol–water partition coefficient (Wildman–Crippen LogP) is 2.41. The largest absolute Gasteiger partial charge is 0.497 e. The maximum absolute atomic E-state index is 13.2. The van der Waals surface area contributed by atoms with Gasteiger partial charge in [-0.3, -0.25) is 9.59 Å². The molecule has 0 saturated carbocycles. The molecule has 4 rings (SSSR count). The van der Waals surface area contributed by atoms with Crippen molar-refractivity contribution in [1.82, 2.24) is 14.7 Å². The molecule has 1 fully saturated rings. The zero-order valence-corrected chi connectivity index (χ0v) is 17.2. The molecular weight excluding hydrogens is 399 g/mol. The second-order valence-corrected chi connectivity index (χ2v) is 7.29. The van der Waals surface area contributed by atoms with Crippen LogP contribution >= 0.6 is 0 Å². The highest BCUT2D eigenvalue weighted by atomic mass is 19.1. The van der Waals surface area contributed by atoms with Crippen LogP contribution in [0.3, 0.4) is 0 Å². The summed E-state index contributed by atoms with van der Waals surface area (Å²) in [6.45, 7) is 2.37. The minimum atomic E-state index is -0.353. The molecule has 1 aromatic heterocycles. The normalized spacial score (nSPS) is 13.9. The summed E-state index contributed by atoms with van der Waals surface area (Å²) in [7, 11) is 1.64. The number of aromatic nitrogens is 2. The molecule has 0 atom stereocenters. The second kappa shape index (κ2) is 8.99. The molecule has 0 spiro atoms.